The molecular weight excluding hydrogens is 528 g/mol. The van der Waals surface area contributed by atoms with Crippen LogP contribution in [0.15, 0.2) is 67.1 Å². The van der Waals surface area contributed by atoms with Gasteiger partial charge in [-0.15, -0.1) is 0 Å². The van der Waals surface area contributed by atoms with Gasteiger partial charge in [0.1, 0.15) is 23.9 Å². The molecule has 218 valence electrons. The molecule has 0 aliphatic rings. The van der Waals surface area contributed by atoms with Crippen LogP contribution >= 0.6 is 0 Å². The molecule has 0 saturated heterocycles. The normalized spacial score (nSPS) is 14.0. The van der Waals surface area contributed by atoms with Crippen molar-refractivity contribution in [1.82, 2.24) is 25.9 Å². The fourth-order valence-corrected chi connectivity index (χ4v) is 4.18. The predicted octanol–water partition coefficient (Wildman–Crippen LogP) is 0.666. The quantitative estimate of drug-likeness (QED) is 0.148. The van der Waals surface area contributed by atoms with Gasteiger partial charge in [0.25, 0.3) is 0 Å². The van der Waals surface area contributed by atoms with E-state index in [1.807, 2.05) is 6.07 Å². The van der Waals surface area contributed by atoms with E-state index in [4.69, 9.17) is 5.73 Å². The van der Waals surface area contributed by atoms with Crippen molar-refractivity contribution in [2.45, 2.75) is 57.3 Å². The summed E-state index contributed by atoms with van der Waals surface area (Å²) in [4.78, 5) is 58.4. The van der Waals surface area contributed by atoms with E-state index in [1.165, 1.54) is 24.7 Å². The van der Waals surface area contributed by atoms with Crippen molar-refractivity contribution in [2.75, 3.05) is 0 Å². The number of carbonyl (C=O) groups is 4. The number of phenolic OH excluding ortho intramolecular Hbond substituents is 1. The first-order chi connectivity index (χ1) is 19.5. The maximum Gasteiger partial charge on any atom is 0.326 e. The van der Waals surface area contributed by atoms with Crippen LogP contribution in [0, 0.1) is 5.92 Å². The summed E-state index contributed by atoms with van der Waals surface area (Å²) >= 11 is 0. The third kappa shape index (κ3) is 9.46. The number of amides is 3. The number of phenols is 1. The number of carboxylic acids is 1. The molecule has 0 saturated carbocycles. The lowest BCUT2D eigenvalue weighted by Crippen LogP contribution is -2.58. The molecule has 12 nitrogen and oxygen atoms in total. The molecule has 0 aliphatic heterocycles. The topological polar surface area (TPSA) is 200 Å². The third-order valence-electron chi connectivity index (χ3n) is 6.49. The van der Waals surface area contributed by atoms with Crippen LogP contribution in [0.3, 0.4) is 0 Å². The Hall–Kier alpha value is -4.71. The largest absolute Gasteiger partial charge is 0.508 e. The van der Waals surface area contributed by atoms with E-state index in [0.717, 1.165) is 11.1 Å². The number of aromatic hydroxyl groups is 1. The molecule has 3 amide bonds. The Morgan fingerprint density at radius 2 is 1.41 bits per heavy atom. The van der Waals surface area contributed by atoms with Crippen molar-refractivity contribution in [2.24, 2.45) is 11.7 Å². The number of carbonyl (C=O) groups excluding carboxylic acids is 3. The Labute approximate surface area is 237 Å². The second-order valence-corrected chi connectivity index (χ2v) is 10.1. The third-order valence-corrected chi connectivity index (χ3v) is 6.49. The Kier molecular flexibility index (Phi) is 11.0. The highest BCUT2D eigenvalue weighted by molar-refractivity contribution is 5.94. The lowest BCUT2D eigenvalue weighted by Gasteiger charge is -2.26. The lowest BCUT2D eigenvalue weighted by molar-refractivity contribution is -0.143. The van der Waals surface area contributed by atoms with Gasteiger partial charge in [0, 0.05) is 24.7 Å². The minimum Gasteiger partial charge on any atom is -0.508 e. The molecule has 8 N–H and O–H groups in total. The van der Waals surface area contributed by atoms with Crippen molar-refractivity contribution < 1.29 is 29.4 Å². The summed E-state index contributed by atoms with van der Waals surface area (Å²) in [5, 5.41) is 26.9. The summed E-state index contributed by atoms with van der Waals surface area (Å²) in [6.45, 7) is 3.34. The van der Waals surface area contributed by atoms with E-state index in [1.54, 1.807) is 50.2 Å². The first kappa shape index (κ1) is 30.8. The molecule has 0 radical (unpaired) electrons. The number of hydrogen-bond acceptors (Lipinski definition) is 7. The minimum atomic E-state index is -1.19. The standard InChI is InChI=1S/C29H36N6O6/c1-17(2)25(29(40)41)35-28(39)23(13-18-6-4-3-5-7-18)34-27(38)24(14-20-15-31-16-32-20)33-26(37)22(30)12-19-8-10-21(36)11-9-19/h3-11,15-17,22-25,36H,12-14,30H2,1-2H3,(H,31,32)(H,33,37)(H,34,38)(H,35,39)(H,40,41). The lowest BCUT2D eigenvalue weighted by atomic mass is 10.0. The molecule has 41 heavy (non-hydrogen) atoms. The zero-order valence-electron chi connectivity index (χ0n) is 22.9. The fraction of sp³-hybridized carbons (Fsp3) is 0.345. The summed E-state index contributed by atoms with van der Waals surface area (Å²) in [7, 11) is 0. The number of nitrogens with one attached hydrogen (secondary N) is 4. The number of nitrogens with zero attached hydrogens (tertiary/aromatic N) is 1. The molecule has 1 heterocycles. The fourth-order valence-electron chi connectivity index (χ4n) is 4.18. The molecule has 1 aromatic heterocycles. The van der Waals surface area contributed by atoms with Crippen molar-refractivity contribution in [3.8, 4) is 5.75 Å². The molecule has 0 fully saturated rings. The average molecular weight is 565 g/mol. The van der Waals surface area contributed by atoms with E-state index in [0.29, 0.717) is 5.69 Å². The van der Waals surface area contributed by atoms with E-state index >= 15 is 0 Å². The zero-order chi connectivity index (χ0) is 29.9. The molecular formula is C29H36N6O6. The number of aromatic nitrogens is 2. The van der Waals surface area contributed by atoms with Gasteiger partial charge in [0.15, 0.2) is 0 Å². The molecule has 0 aliphatic carbocycles. The highest BCUT2D eigenvalue weighted by Crippen LogP contribution is 2.12. The number of rotatable bonds is 14. The average Bonchev–Trinajstić information content (AvgIpc) is 3.45. The van der Waals surface area contributed by atoms with Gasteiger partial charge >= 0.3 is 5.97 Å². The Bertz CT molecular complexity index is 1300. The first-order valence-electron chi connectivity index (χ1n) is 13.2. The highest BCUT2D eigenvalue weighted by atomic mass is 16.4. The molecule has 3 rings (SSSR count). The van der Waals surface area contributed by atoms with Crippen LogP contribution in [0.25, 0.3) is 0 Å². The van der Waals surface area contributed by atoms with Gasteiger partial charge in [-0.2, -0.15) is 0 Å². The predicted molar refractivity (Wildman–Crippen MR) is 150 cm³/mol. The summed E-state index contributed by atoms with van der Waals surface area (Å²) in [5.41, 5.74) is 8.15. The number of H-pyrrole nitrogens is 1. The van der Waals surface area contributed by atoms with Crippen LogP contribution in [-0.4, -0.2) is 68.0 Å². The minimum absolute atomic E-state index is 0.0346. The Balaban J connectivity index is 1.79. The van der Waals surface area contributed by atoms with Gasteiger partial charge < -0.3 is 36.9 Å². The number of hydrogen-bond donors (Lipinski definition) is 7. The van der Waals surface area contributed by atoms with E-state index in [9.17, 15) is 29.4 Å². The van der Waals surface area contributed by atoms with Gasteiger partial charge in [0.2, 0.25) is 17.7 Å². The summed E-state index contributed by atoms with van der Waals surface area (Å²) in [6, 6.07) is 10.8. The van der Waals surface area contributed by atoms with Crippen LogP contribution in [0.2, 0.25) is 0 Å². The second-order valence-electron chi connectivity index (χ2n) is 10.1. The Morgan fingerprint density at radius 3 is 2.00 bits per heavy atom. The Morgan fingerprint density at radius 1 is 0.829 bits per heavy atom. The number of benzene rings is 2. The zero-order valence-corrected chi connectivity index (χ0v) is 22.9. The van der Waals surface area contributed by atoms with Crippen LogP contribution in [0.4, 0.5) is 0 Å². The maximum atomic E-state index is 13.6. The summed E-state index contributed by atoms with van der Waals surface area (Å²) in [6.07, 6.45) is 3.24. The molecule has 0 bridgehead atoms. The van der Waals surface area contributed by atoms with Crippen LogP contribution in [0.1, 0.15) is 30.7 Å². The highest BCUT2D eigenvalue weighted by Gasteiger charge is 2.32. The number of carboxylic acid groups (broad SMARTS) is 1. The van der Waals surface area contributed by atoms with E-state index in [-0.39, 0.29) is 25.0 Å². The van der Waals surface area contributed by atoms with Crippen molar-refractivity contribution in [3.63, 3.8) is 0 Å². The number of nitrogens with two attached hydrogens (primary N) is 1. The van der Waals surface area contributed by atoms with Gasteiger partial charge in [-0.25, -0.2) is 9.78 Å². The smallest absolute Gasteiger partial charge is 0.326 e. The van der Waals surface area contributed by atoms with Crippen molar-refractivity contribution in [1.29, 1.82) is 0 Å². The van der Waals surface area contributed by atoms with Gasteiger partial charge in [-0.05, 0) is 35.6 Å². The van der Waals surface area contributed by atoms with Crippen LogP contribution in [-0.2, 0) is 38.4 Å². The van der Waals surface area contributed by atoms with Gasteiger partial charge in [-0.1, -0.05) is 56.3 Å². The van der Waals surface area contributed by atoms with Crippen molar-refractivity contribution >= 4 is 23.7 Å². The van der Waals surface area contributed by atoms with E-state index < -0.39 is 53.8 Å². The molecule has 12 heteroatoms. The molecule has 2 aromatic carbocycles. The maximum absolute atomic E-state index is 13.6. The number of aliphatic carboxylic acids is 1. The summed E-state index contributed by atoms with van der Waals surface area (Å²) < 4.78 is 0. The second kappa shape index (κ2) is 14.6. The van der Waals surface area contributed by atoms with Crippen LogP contribution < -0.4 is 21.7 Å². The molecule has 3 aromatic rings. The van der Waals surface area contributed by atoms with Crippen LogP contribution in [0.5, 0.6) is 5.75 Å². The van der Waals surface area contributed by atoms with Gasteiger partial charge in [0.05, 0.1) is 12.4 Å². The number of imidazole rings is 1. The molecule has 4 atom stereocenters. The van der Waals surface area contributed by atoms with E-state index in [2.05, 4.69) is 25.9 Å². The monoisotopic (exact) mass is 564 g/mol. The van der Waals surface area contributed by atoms with Gasteiger partial charge in [-0.3, -0.25) is 14.4 Å². The molecule has 0 spiro atoms. The van der Waals surface area contributed by atoms with Crippen molar-refractivity contribution in [3.05, 3.63) is 83.9 Å². The SMILES string of the molecule is CC(C)C(NC(=O)C(Cc1ccccc1)NC(=O)C(Cc1cnc[nH]1)NC(=O)C(N)Cc1ccc(O)cc1)C(=O)O. The molecule has 4 unspecified atom stereocenters. The number of aromatic amines is 1. The summed E-state index contributed by atoms with van der Waals surface area (Å²) in [5.74, 6) is -3.42. The first-order valence-corrected chi connectivity index (χ1v) is 13.2.